The molecule has 0 amide bonds. The molecule has 4 aromatic rings. The van der Waals surface area contributed by atoms with E-state index in [9.17, 15) is 9.50 Å². The van der Waals surface area contributed by atoms with E-state index in [2.05, 4.69) is 10.1 Å². The first kappa shape index (κ1) is 18.3. The number of nitriles is 1. The number of hydrogen-bond acceptors (Lipinski definition) is 6. The van der Waals surface area contributed by atoms with Gasteiger partial charge in [-0.2, -0.15) is 10.4 Å². The van der Waals surface area contributed by atoms with Gasteiger partial charge >= 0.3 is 0 Å². The molecule has 1 atom stereocenters. The summed E-state index contributed by atoms with van der Waals surface area (Å²) in [5.74, 6) is 1.16. The Bertz CT molecular complexity index is 1320. The average Bonchev–Trinajstić information content (AvgIpc) is 3.45. The van der Waals surface area contributed by atoms with Gasteiger partial charge in [-0.1, -0.05) is 6.07 Å². The molecule has 0 saturated heterocycles. The van der Waals surface area contributed by atoms with Crippen LogP contribution < -0.4 is 4.74 Å². The van der Waals surface area contributed by atoms with Crippen LogP contribution in [0, 0.1) is 24.1 Å². The van der Waals surface area contributed by atoms with Crippen LogP contribution in [0.1, 0.15) is 35.1 Å². The molecule has 0 fully saturated rings. The number of oxazole rings is 1. The highest BCUT2D eigenvalue weighted by atomic mass is 19.1. The second-order valence-electron chi connectivity index (χ2n) is 7.16. The number of aliphatic hydroxyl groups excluding tert-OH is 1. The molecule has 7 nitrogen and oxygen atoms in total. The molecular formula is C22H17FN4O3. The van der Waals surface area contributed by atoms with Gasteiger partial charge in [-0.25, -0.2) is 14.1 Å². The van der Waals surface area contributed by atoms with Crippen LogP contribution in [0.4, 0.5) is 4.39 Å². The van der Waals surface area contributed by atoms with Crippen molar-refractivity contribution in [2.24, 2.45) is 0 Å². The van der Waals surface area contributed by atoms with Gasteiger partial charge in [-0.3, -0.25) is 0 Å². The van der Waals surface area contributed by atoms with Crippen LogP contribution in [0.2, 0.25) is 0 Å². The summed E-state index contributed by atoms with van der Waals surface area (Å²) in [6.07, 6.45) is 2.44. The summed E-state index contributed by atoms with van der Waals surface area (Å²) in [6, 6.07) is 10.6. The number of aromatic nitrogens is 3. The summed E-state index contributed by atoms with van der Waals surface area (Å²) in [7, 11) is 0. The van der Waals surface area contributed by atoms with Gasteiger partial charge in [-0.15, -0.1) is 0 Å². The van der Waals surface area contributed by atoms with Gasteiger partial charge in [0.2, 0.25) is 0 Å². The topological polar surface area (TPSA) is 97.1 Å². The average molecular weight is 404 g/mol. The summed E-state index contributed by atoms with van der Waals surface area (Å²) in [5.41, 5.74) is 2.65. The molecule has 150 valence electrons. The molecule has 2 aromatic carbocycles. The Labute approximate surface area is 170 Å². The first-order valence-electron chi connectivity index (χ1n) is 9.51. The zero-order valence-electron chi connectivity index (χ0n) is 16.1. The Kier molecular flexibility index (Phi) is 4.26. The van der Waals surface area contributed by atoms with Gasteiger partial charge in [0, 0.05) is 12.3 Å². The molecule has 1 aliphatic rings. The monoisotopic (exact) mass is 404 g/mol. The lowest BCUT2D eigenvalue weighted by Crippen LogP contribution is -2.04. The van der Waals surface area contributed by atoms with Gasteiger partial charge in [0.05, 0.1) is 17.3 Å². The van der Waals surface area contributed by atoms with E-state index < -0.39 is 5.82 Å². The molecular weight excluding hydrogens is 387 g/mol. The zero-order chi connectivity index (χ0) is 20.8. The first-order chi connectivity index (χ1) is 14.6. The minimum Gasteiger partial charge on any atom is -0.486 e. The number of ether oxygens (including phenoxy) is 1. The third-order valence-electron chi connectivity index (χ3n) is 5.39. The number of fused-ring (bicyclic) bond motifs is 2. The van der Waals surface area contributed by atoms with E-state index in [0.717, 1.165) is 16.5 Å². The van der Waals surface area contributed by atoms with Crippen molar-refractivity contribution in [2.45, 2.75) is 32.6 Å². The number of hydrogen-bond donors (Lipinski definition) is 1. The largest absolute Gasteiger partial charge is 0.486 e. The molecule has 1 unspecified atom stereocenters. The number of aryl methyl sites for hydroxylation is 1. The Balaban J connectivity index is 1.53. The minimum atomic E-state index is -0.455. The maximum Gasteiger partial charge on any atom is 0.191 e. The highest BCUT2D eigenvalue weighted by molar-refractivity contribution is 5.93. The van der Waals surface area contributed by atoms with Crippen LogP contribution in [0.3, 0.4) is 0 Å². The number of nitrogens with zero attached hydrogens (tertiary/aromatic N) is 4. The smallest absolute Gasteiger partial charge is 0.191 e. The molecule has 1 aliphatic carbocycles. The summed E-state index contributed by atoms with van der Waals surface area (Å²) >= 11 is 0. The van der Waals surface area contributed by atoms with Crippen LogP contribution >= 0.6 is 0 Å². The Morgan fingerprint density at radius 1 is 1.37 bits per heavy atom. The van der Waals surface area contributed by atoms with Crippen molar-refractivity contribution in [2.75, 3.05) is 0 Å². The van der Waals surface area contributed by atoms with Gasteiger partial charge in [0.15, 0.2) is 11.7 Å². The second kappa shape index (κ2) is 6.97. The lowest BCUT2D eigenvalue weighted by molar-refractivity contribution is 0.200. The molecule has 2 heterocycles. The van der Waals surface area contributed by atoms with Crippen molar-refractivity contribution < 1.29 is 18.7 Å². The molecule has 30 heavy (non-hydrogen) atoms. The fourth-order valence-corrected chi connectivity index (χ4v) is 3.99. The predicted molar refractivity (Wildman–Crippen MR) is 105 cm³/mol. The van der Waals surface area contributed by atoms with Crippen molar-refractivity contribution in [1.29, 1.82) is 5.26 Å². The van der Waals surface area contributed by atoms with E-state index in [1.165, 1.54) is 10.7 Å². The molecule has 0 aliphatic heterocycles. The van der Waals surface area contributed by atoms with E-state index in [1.807, 2.05) is 18.2 Å². The van der Waals surface area contributed by atoms with Gasteiger partial charge in [0.1, 0.15) is 36.2 Å². The lowest BCUT2D eigenvalue weighted by Gasteiger charge is -2.15. The maximum absolute atomic E-state index is 14.4. The van der Waals surface area contributed by atoms with Crippen LogP contribution in [0.25, 0.3) is 22.4 Å². The van der Waals surface area contributed by atoms with Gasteiger partial charge in [-0.05, 0) is 48.2 Å². The molecule has 0 saturated carbocycles. The number of benzene rings is 2. The van der Waals surface area contributed by atoms with Crippen LogP contribution in [-0.4, -0.2) is 19.9 Å². The quantitative estimate of drug-likeness (QED) is 0.552. The third-order valence-corrected chi connectivity index (χ3v) is 5.39. The van der Waals surface area contributed by atoms with E-state index in [4.69, 9.17) is 14.4 Å². The molecule has 2 aromatic heterocycles. The molecule has 0 spiro atoms. The van der Waals surface area contributed by atoms with Crippen LogP contribution in [0.15, 0.2) is 40.9 Å². The van der Waals surface area contributed by atoms with Crippen molar-refractivity contribution in [1.82, 2.24) is 14.8 Å². The molecule has 5 rings (SSSR count). The van der Waals surface area contributed by atoms with E-state index in [0.29, 0.717) is 41.5 Å². The summed E-state index contributed by atoms with van der Waals surface area (Å²) in [5, 5.41) is 23.9. The number of halogens is 1. The molecule has 1 N–H and O–H groups in total. The normalized spacial score (nSPS) is 15.3. The van der Waals surface area contributed by atoms with Crippen molar-refractivity contribution >= 4 is 10.9 Å². The Hall–Kier alpha value is -3.70. The maximum atomic E-state index is 14.4. The second-order valence-corrected chi connectivity index (χ2v) is 7.16. The van der Waals surface area contributed by atoms with E-state index in [-0.39, 0.29) is 18.4 Å². The van der Waals surface area contributed by atoms with Crippen molar-refractivity contribution in [3.63, 3.8) is 0 Å². The zero-order valence-corrected chi connectivity index (χ0v) is 16.1. The summed E-state index contributed by atoms with van der Waals surface area (Å²) < 4.78 is 27.7. The summed E-state index contributed by atoms with van der Waals surface area (Å²) in [6.45, 7) is 1.47. The van der Waals surface area contributed by atoms with Crippen LogP contribution in [0.5, 0.6) is 5.75 Å². The standard InChI is InChI=1S/C22H17FN4O3/c1-12-25-10-20(29-12)22-17-8-14(3-6-18(17)27(11-28)26-22)30-19-7-5-16-15(19)4-2-13(9-24)21(16)23/h2-4,6,8,10,19,28H,5,7,11H2,1H3. The lowest BCUT2D eigenvalue weighted by atomic mass is 10.1. The van der Waals surface area contributed by atoms with Crippen molar-refractivity contribution in [3.05, 3.63) is 64.9 Å². The summed E-state index contributed by atoms with van der Waals surface area (Å²) in [4.78, 5) is 4.12. The van der Waals surface area contributed by atoms with Crippen molar-refractivity contribution in [3.8, 4) is 23.3 Å². The molecule has 8 heteroatoms. The highest BCUT2D eigenvalue weighted by Crippen LogP contribution is 2.38. The van der Waals surface area contributed by atoms with Crippen LogP contribution in [-0.2, 0) is 13.2 Å². The Morgan fingerprint density at radius 2 is 2.23 bits per heavy atom. The molecule has 0 bridgehead atoms. The van der Waals surface area contributed by atoms with E-state index in [1.54, 1.807) is 25.3 Å². The highest BCUT2D eigenvalue weighted by Gasteiger charge is 2.28. The minimum absolute atomic E-state index is 0.0548. The predicted octanol–water partition coefficient (Wildman–Crippen LogP) is 4.03. The van der Waals surface area contributed by atoms with Gasteiger partial charge < -0.3 is 14.3 Å². The number of aliphatic hydroxyl groups is 1. The third kappa shape index (κ3) is 2.83. The fraction of sp³-hybridized carbons (Fsp3) is 0.227. The molecule has 0 radical (unpaired) electrons. The van der Waals surface area contributed by atoms with E-state index >= 15 is 0 Å². The first-order valence-corrected chi connectivity index (χ1v) is 9.51. The Morgan fingerprint density at radius 3 is 2.97 bits per heavy atom. The van der Waals surface area contributed by atoms with Gasteiger partial charge in [0.25, 0.3) is 0 Å². The number of rotatable bonds is 4. The fourth-order valence-electron chi connectivity index (χ4n) is 3.99. The SMILES string of the molecule is Cc1ncc(-c2nn(CO)c3ccc(OC4CCc5c4ccc(C#N)c5F)cc23)o1.